The molecule has 6 nitrogen and oxygen atoms in total. The van der Waals surface area contributed by atoms with Crippen LogP contribution >= 0.6 is 0 Å². The smallest absolute Gasteiger partial charge is 0.652 e. The van der Waals surface area contributed by atoms with Gasteiger partial charge in [0.1, 0.15) is 0 Å². The van der Waals surface area contributed by atoms with Gasteiger partial charge in [0.25, 0.3) is 0 Å². The minimum absolute atomic E-state index is 0. The Hall–Kier alpha value is 2.42. The molecular weight excluding hydrogens is 282 g/mol. The van der Waals surface area contributed by atoms with Crippen molar-refractivity contribution < 1.29 is 132 Å². The predicted octanol–water partition coefficient (Wildman–Crippen LogP) is -7.63. The van der Waals surface area contributed by atoms with Crippen molar-refractivity contribution >= 4 is 6.16 Å². The number of rotatable bonds is 8. The van der Waals surface area contributed by atoms with Crippen molar-refractivity contribution in [2.45, 2.75) is 19.8 Å². The fourth-order valence-corrected chi connectivity index (χ4v) is 0.633. The maximum absolute atomic E-state index is 8.34. The Balaban J connectivity index is -0.000000123. The van der Waals surface area contributed by atoms with Crippen LogP contribution in [0.4, 0.5) is 4.79 Å². The van der Waals surface area contributed by atoms with Gasteiger partial charge in [0.2, 0.25) is 0 Å². The van der Waals surface area contributed by atoms with Crippen LogP contribution in [0.15, 0.2) is 0 Å². The number of carbonyl (C=O) groups is 1. The quantitative estimate of drug-likeness (QED) is 0.353. The van der Waals surface area contributed by atoms with E-state index >= 15 is 0 Å². The molecule has 0 radical (unpaired) electrons. The summed E-state index contributed by atoms with van der Waals surface area (Å²) in [6.45, 7) is 4.68. The van der Waals surface area contributed by atoms with Gasteiger partial charge in [-0.2, -0.15) is 0 Å². The van der Waals surface area contributed by atoms with Gasteiger partial charge in [0, 0.05) is 6.61 Å². The third kappa shape index (κ3) is 45.7. The third-order valence-corrected chi connectivity index (χ3v) is 1.25. The molecule has 92 valence electrons. The van der Waals surface area contributed by atoms with E-state index in [4.69, 9.17) is 29.6 Å². The van der Waals surface area contributed by atoms with E-state index in [2.05, 4.69) is 6.92 Å². The summed E-state index contributed by atoms with van der Waals surface area (Å²) in [5.41, 5.74) is 0. The third-order valence-electron chi connectivity index (χ3n) is 1.25. The van der Waals surface area contributed by atoms with E-state index in [1.165, 1.54) is 0 Å². The van der Waals surface area contributed by atoms with Crippen LogP contribution in [0.2, 0.25) is 0 Å². The van der Waals surface area contributed by atoms with Gasteiger partial charge in [0.15, 0.2) is 0 Å². The van der Waals surface area contributed by atoms with Crippen molar-refractivity contribution in [3.8, 4) is 0 Å². The van der Waals surface area contributed by atoms with E-state index in [9.17, 15) is 0 Å². The molecule has 0 bridgehead atoms. The van der Waals surface area contributed by atoms with Crippen LogP contribution in [-0.4, -0.2) is 44.3 Å². The zero-order valence-corrected chi connectivity index (χ0v) is 17.2. The van der Waals surface area contributed by atoms with Crippen molar-refractivity contribution in [2.75, 3.05) is 33.0 Å². The van der Waals surface area contributed by atoms with Crippen molar-refractivity contribution in [1.82, 2.24) is 0 Å². The molecule has 0 saturated heterocycles. The number of aliphatic hydroxyl groups is 1. The van der Waals surface area contributed by atoms with Crippen molar-refractivity contribution in [3.63, 3.8) is 0 Å². The molecule has 1 N–H and O–H groups in total. The molecule has 0 amide bonds. The number of hydrogen-bond donors (Lipinski definition) is 1. The van der Waals surface area contributed by atoms with Gasteiger partial charge in [-0.15, -0.1) is 0 Å². The molecule has 0 unspecified atom stereocenters. The number of hydrogen-bond acceptors (Lipinski definition) is 6. The molecule has 0 atom stereocenters. The maximum Gasteiger partial charge on any atom is 1.00 e. The van der Waals surface area contributed by atoms with Gasteiger partial charge >= 0.3 is 103 Å². The Labute approximate surface area is 187 Å². The Morgan fingerprint density at radius 2 is 1.47 bits per heavy atom. The van der Waals surface area contributed by atoms with Gasteiger partial charge in [-0.05, 0) is 12.6 Å². The molecule has 17 heavy (non-hydrogen) atoms. The number of ether oxygens (including phenoxy) is 2. The van der Waals surface area contributed by atoms with Gasteiger partial charge in [-0.25, -0.2) is 0 Å². The molecule has 0 aromatic rings. The van der Waals surface area contributed by atoms with Crippen LogP contribution in [0.3, 0.4) is 0 Å². The molecule has 0 aromatic heterocycles. The Morgan fingerprint density at radius 1 is 1.06 bits per heavy atom. The van der Waals surface area contributed by atoms with E-state index in [0.29, 0.717) is 19.8 Å². The van der Waals surface area contributed by atoms with Crippen molar-refractivity contribution in [3.05, 3.63) is 0 Å². The fourth-order valence-electron chi connectivity index (χ4n) is 0.633. The van der Waals surface area contributed by atoms with Crippen LogP contribution in [0.5, 0.6) is 0 Å². The summed E-state index contributed by atoms with van der Waals surface area (Å²) in [6.07, 6.45) is -0.0580. The summed E-state index contributed by atoms with van der Waals surface area (Å²) < 4.78 is 10.2. The first-order valence-corrected chi connectivity index (χ1v) is 4.79. The van der Waals surface area contributed by atoms with Crippen LogP contribution in [0, 0.1) is 0 Å². The second-order valence-electron chi connectivity index (χ2n) is 2.55. The average Bonchev–Trinajstić information content (AvgIpc) is 2.16. The summed E-state index contributed by atoms with van der Waals surface area (Å²) >= 11 is 0. The standard InChI is InChI=1S/C8H18O3.CH2O3.2K/c1-2-3-5-10-7-8-11-6-4-9;2-1(3)4;;/h9H,2-8H2,1H3;(H2,2,3,4);;/q;;2*+1/p-2. The Kier molecular flexibility index (Phi) is 43.8. The summed E-state index contributed by atoms with van der Waals surface area (Å²) in [5, 5.41) is 25.0. The molecule has 0 aliphatic carbocycles. The van der Waals surface area contributed by atoms with Gasteiger partial charge in [0.05, 0.1) is 26.4 Å². The largest absolute Gasteiger partial charge is 1.00 e. The number of aliphatic hydroxyl groups excluding tert-OH is 1. The van der Waals surface area contributed by atoms with Crippen LogP contribution in [0.25, 0.3) is 0 Å². The first kappa shape index (κ1) is 27.7. The molecule has 0 aliphatic heterocycles. The Bertz CT molecular complexity index is 125. The molecule has 0 heterocycles. The van der Waals surface area contributed by atoms with E-state index in [0.717, 1.165) is 19.4 Å². The predicted molar refractivity (Wildman–Crippen MR) is 49.0 cm³/mol. The van der Waals surface area contributed by atoms with E-state index in [1.807, 2.05) is 0 Å². The minimum Gasteiger partial charge on any atom is -0.652 e. The van der Waals surface area contributed by atoms with E-state index in [-0.39, 0.29) is 109 Å². The van der Waals surface area contributed by atoms with Crippen molar-refractivity contribution in [2.24, 2.45) is 0 Å². The molecule has 0 spiro atoms. The Morgan fingerprint density at radius 3 is 1.82 bits per heavy atom. The summed E-state index contributed by atoms with van der Waals surface area (Å²) in [6, 6.07) is 0. The van der Waals surface area contributed by atoms with E-state index < -0.39 is 6.16 Å². The molecule has 0 saturated carbocycles. The maximum atomic E-state index is 8.34. The van der Waals surface area contributed by atoms with Crippen LogP contribution in [0.1, 0.15) is 19.8 Å². The first-order chi connectivity index (χ1) is 7.15. The number of carbonyl (C=O) groups excluding carboxylic acids is 1. The fraction of sp³-hybridized carbons (Fsp3) is 0.889. The SMILES string of the molecule is CCCCOCCOCCO.O=C([O-])[O-].[K+].[K+]. The molecule has 0 aromatic carbocycles. The molecule has 0 aliphatic rings. The second-order valence-corrected chi connectivity index (χ2v) is 2.55. The second kappa shape index (κ2) is 26.9. The van der Waals surface area contributed by atoms with Gasteiger partial charge < -0.3 is 29.6 Å². The monoisotopic (exact) mass is 300 g/mol. The van der Waals surface area contributed by atoms with Gasteiger partial charge in [-0.1, -0.05) is 13.3 Å². The normalized spacial score (nSPS) is 8.12. The van der Waals surface area contributed by atoms with Crippen LogP contribution < -0.4 is 113 Å². The molecular formula is C9H18K2O6. The molecule has 8 heteroatoms. The number of carboxylic acid groups (broad SMARTS) is 2. The number of unbranched alkanes of at least 4 members (excludes halogenated alkanes) is 1. The van der Waals surface area contributed by atoms with Crippen LogP contribution in [-0.2, 0) is 9.47 Å². The molecule has 0 fully saturated rings. The topological polar surface area (TPSA) is 102 Å². The summed E-state index contributed by atoms with van der Waals surface area (Å²) in [5.74, 6) is 0. The molecule has 0 rings (SSSR count). The summed E-state index contributed by atoms with van der Waals surface area (Å²) in [4.78, 5) is 8.33. The first-order valence-electron chi connectivity index (χ1n) is 4.79. The zero-order valence-electron chi connectivity index (χ0n) is 10.9. The van der Waals surface area contributed by atoms with Crippen molar-refractivity contribution in [1.29, 1.82) is 0 Å². The van der Waals surface area contributed by atoms with E-state index in [1.54, 1.807) is 0 Å². The average molecular weight is 300 g/mol. The minimum atomic E-state index is -2.33. The summed E-state index contributed by atoms with van der Waals surface area (Å²) in [7, 11) is 0. The zero-order chi connectivity index (χ0) is 11.9. The van der Waals surface area contributed by atoms with Gasteiger partial charge in [-0.3, -0.25) is 0 Å².